The second-order valence-corrected chi connectivity index (χ2v) is 14.5. The quantitative estimate of drug-likeness (QED) is 0.366. The summed E-state index contributed by atoms with van der Waals surface area (Å²) in [6, 6.07) is 0. The summed E-state index contributed by atoms with van der Waals surface area (Å²) < 4.78 is 0. The van der Waals surface area contributed by atoms with Gasteiger partial charge in [-0.15, -0.1) is 0 Å². The van der Waals surface area contributed by atoms with Crippen molar-refractivity contribution in [3.8, 4) is 0 Å². The first-order chi connectivity index (χ1) is 14.8. The van der Waals surface area contributed by atoms with Gasteiger partial charge in [0.25, 0.3) is 0 Å². The third-order valence-electron chi connectivity index (χ3n) is 12.4. The molecule has 0 heterocycles. The normalized spacial score (nSPS) is 49.7. The molecular weight excluding hydrogens is 392 g/mol. The maximum Gasteiger partial charge on any atom is 0.138 e. The fourth-order valence-electron chi connectivity index (χ4n) is 10.6. The van der Waals surface area contributed by atoms with Gasteiger partial charge in [0.2, 0.25) is 0 Å². The lowest BCUT2D eigenvalue weighted by Gasteiger charge is -2.62. The van der Waals surface area contributed by atoms with Crippen molar-refractivity contribution >= 4 is 11.6 Å². The van der Waals surface area contributed by atoms with Gasteiger partial charge >= 0.3 is 0 Å². The minimum absolute atomic E-state index is 0.169. The predicted octanol–water partition coefficient (Wildman–Crippen LogP) is 7.56. The van der Waals surface area contributed by atoms with E-state index in [2.05, 4.69) is 54.5 Å². The van der Waals surface area contributed by atoms with Crippen molar-refractivity contribution in [3.05, 3.63) is 11.6 Å². The Hall–Kier alpha value is -0.920. The van der Waals surface area contributed by atoms with E-state index in [1.165, 1.54) is 32.1 Å². The van der Waals surface area contributed by atoms with Gasteiger partial charge in [0.15, 0.2) is 0 Å². The summed E-state index contributed by atoms with van der Waals surface area (Å²) in [5.74, 6) is 3.32. The first-order valence-electron chi connectivity index (χ1n) is 13.5. The molecule has 7 unspecified atom stereocenters. The molecule has 0 radical (unpaired) electrons. The molecule has 5 aliphatic carbocycles. The molecule has 0 N–H and O–H groups in total. The van der Waals surface area contributed by atoms with Crippen LogP contribution in [0.1, 0.15) is 113 Å². The smallest absolute Gasteiger partial charge is 0.138 e. The Morgan fingerprint density at radius 2 is 1.28 bits per heavy atom. The first-order valence-corrected chi connectivity index (χ1v) is 13.5. The minimum atomic E-state index is -0.192. The van der Waals surface area contributed by atoms with Crippen molar-refractivity contribution in [2.24, 2.45) is 50.7 Å². The van der Waals surface area contributed by atoms with Crippen molar-refractivity contribution in [2.75, 3.05) is 0 Å². The molecule has 0 bridgehead atoms. The van der Waals surface area contributed by atoms with E-state index in [1.54, 1.807) is 5.57 Å². The highest BCUT2D eigenvalue weighted by molar-refractivity contribution is 5.86. The highest BCUT2D eigenvalue weighted by Crippen LogP contribution is 2.69. The van der Waals surface area contributed by atoms with Gasteiger partial charge in [0, 0.05) is 23.7 Å². The number of allylic oxidation sites excluding steroid dienone is 2. The number of rotatable bonds is 0. The van der Waals surface area contributed by atoms with E-state index in [0.29, 0.717) is 40.7 Å². The number of carbonyl (C=O) groups excluding carboxylic acids is 2. The lowest BCUT2D eigenvalue weighted by atomic mass is 9.42. The largest absolute Gasteiger partial charge is 0.299 e. The average Bonchev–Trinajstić information content (AvgIpc) is 2.86. The Kier molecular flexibility index (Phi) is 4.87. The van der Waals surface area contributed by atoms with Crippen LogP contribution in [0.3, 0.4) is 0 Å². The predicted molar refractivity (Wildman–Crippen MR) is 130 cm³/mol. The Labute approximate surface area is 196 Å². The van der Waals surface area contributed by atoms with Crippen LogP contribution in [0.2, 0.25) is 0 Å². The molecule has 2 heteroatoms. The van der Waals surface area contributed by atoms with Crippen LogP contribution in [-0.2, 0) is 9.59 Å². The Morgan fingerprint density at radius 3 is 1.94 bits per heavy atom. The number of Topliss-reactive ketones (excluding diaryl/α,β-unsaturated/α-hetero) is 2. The van der Waals surface area contributed by atoms with E-state index >= 15 is 0 Å². The molecular formula is C30H46O2. The Balaban J connectivity index is 1.52. The molecule has 5 rings (SSSR count). The number of hydrogen-bond acceptors (Lipinski definition) is 2. The maximum absolute atomic E-state index is 12.9. The van der Waals surface area contributed by atoms with Crippen LogP contribution in [0.15, 0.2) is 11.6 Å². The molecule has 0 saturated heterocycles. The molecule has 32 heavy (non-hydrogen) atoms. The van der Waals surface area contributed by atoms with E-state index in [9.17, 15) is 9.59 Å². The average molecular weight is 439 g/mol. The lowest BCUT2D eigenvalue weighted by Crippen LogP contribution is -2.57. The molecule has 4 fully saturated rings. The molecule has 0 aliphatic heterocycles. The fourth-order valence-corrected chi connectivity index (χ4v) is 10.6. The second-order valence-electron chi connectivity index (χ2n) is 14.5. The topological polar surface area (TPSA) is 34.1 Å². The molecule has 5 aliphatic rings. The van der Waals surface area contributed by atoms with Crippen LogP contribution in [0.4, 0.5) is 0 Å². The van der Waals surface area contributed by atoms with E-state index in [1.807, 2.05) is 0 Å². The number of fused-ring (bicyclic) bond motifs is 6. The zero-order chi connectivity index (χ0) is 23.3. The van der Waals surface area contributed by atoms with Crippen molar-refractivity contribution < 1.29 is 9.59 Å². The van der Waals surface area contributed by atoms with Gasteiger partial charge in [0.05, 0.1) is 0 Å². The SMILES string of the molecule is CC12CCC3C(C)(C)C(=O)CCC3(C)C1CCC1C(=CCC3C(C)(C)C(=O)CCC13C)C2. The highest BCUT2D eigenvalue weighted by atomic mass is 16.1. The molecule has 0 amide bonds. The summed E-state index contributed by atoms with van der Waals surface area (Å²) in [4.78, 5) is 25.7. The second kappa shape index (κ2) is 6.82. The van der Waals surface area contributed by atoms with Gasteiger partial charge in [-0.1, -0.05) is 60.1 Å². The monoisotopic (exact) mass is 438 g/mol. The summed E-state index contributed by atoms with van der Waals surface area (Å²) in [7, 11) is 0. The summed E-state index contributed by atoms with van der Waals surface area (Å²) in [5, 5.41) is 0. The Morgan fingerprint density at radius 1 is 0.688 bits per heavy atom. The molecule has 0 aromatic carbocycles. The van der Waals surface area contributed by atoms with E-state index in [0.717, 1.165) is 32.1 Å². The minimum Gasteiger partial charge on any atom is -0.299 e. The van der Waals surface area contributed by atoms with Gasteiger partial charge in [-0.2, -0.15) is 0 Å². The van der Waals surface area contributed by atoms with Crippen LogP contribution in [0.5, 0.6) is 0 Å². The van der Waals surface area contributed by atoms with Crippen LogP contribution in [0, 0.1) is 50.7 Å². The van der Waals surface area contributed by atoms with Crippen LogP contribution in [-0.4, -0.2) is 11.6 Å². The van der Waals surface area contributed by atoms with Gasteiger partial charge in [-0.25, -0.2) is 0 Å². The molecule has 2 nitrogen and oxygen atoms in total. The van der Waals surface area contributed by atoms with Crippen LogP contribution >= 0.6 is 0 Å². The number of carbonyl (C=O) groups is 2. The summed E-state index contributed by atoms with van der Waals surface area (Å²) in [5.41, 5.74) is 2.26. The fraction of sp³-hybridized carbons (Fsp3) is 0.867. The molecule has 0 aromatic heterocycles. The standard InChI is InChI=1S/C30H46O2/c1-26(2)21-10-8-19-18-28(5)15-12-22-27(3,4)25(32)14-17-30(22,7)23(28)11-9-20(19)29(21,6)16-13-24(26)31/h8,20-23H,9-18H2,1-7H3. The van der Waals surface area contributed by atoms with E-state index < -0.39 is 0 Å². The molecule has 7 atom stereocenters. The van der Waals surface area contributed by atoms with Gasteiger partial charge in [0.1, 0.15) is 11.6 Å². The van der Waals surface area contributed by atoms with Crippen molar-refractivity contribution in [1.82, 2.24) is 0 Å². The van der Waals surface area contributed by atoms with Gasteiger partial charge < -0.3 is 0 Å². The maximum atomic E-state index is 12.9. The molecule has 0 aromatic rings. The summed E-state index contributed by atoms with van der Waals surface area (Å²) in [6.07, 6.45) is 13.7. The van der Waals surface area contributed by atoms with Crippen LogP contribution < -0.4 is 0 Å². The highest BCUT2D eigenvalue weighted by Gasteiger charge is 2.63. The summed E-state index contributed by atoms with van der Waals surface area (Å²) >= 11 is 0. The number of hydrogen-bond donors (Lipinski definition) is 0. The zero-order valence-electron chi connectivity index (χ0n) is 21.8. The third kappa shape index (κ3) is 2.83. The van der Waals surface area contributed by atoms with E-state index in [4.69, 9.17) is 0 Å². The van der Waals surface area contributed by atoms with Crippen molar-refractivity contribution in [1.29, 1.82) is 0 Å². The Bertz CT molecular complexity index is 877. The first kappa shape index (κ1) is 22.9. The molecule has 0 spiro atoms. The van der Waals surface area contributed by atoms with Crippen molar-refractivity contribution in [2.45, 2.75) is 113 Å². The zero-order valence-corrected chi connectivity index (χ0v) is 21.8. The van der Waals surface area contributed by atoms with E-state index in [-0.39, 0.29) is 21.7 Å². The molecule has 178 valence electrons. The van der Waals surface area contributed by atoms with Crippen molar-refractivity contribution in [3.63, 3.8) is 0 Å². The van der Waals surface area contributed by atoms with Gasteiger partial charge in [-0.05, 0) is 91.3 Å². The summed E-state index contributed by atoms with van der Waals surface area (Å²) in [6.45, 7) is 16.6. The third-order valence-corrected chi connectivity index (χ3v) is 12.4. The van der Waals surface area contributed by atoms with Crippen LogP contribution in [0.25, 0.3) is 0 Å². The lowest BCUT2D eigenvalue weighted by molar-refractivity contribution is -0.159. The number of ketones is 2. The molecule has 4 saturated carbocycles. The van der Waals surface area contributed by atoms with Gasteiger partial charge in [-0.3, -0.25) is 9.59 Å².